The molecule has 0 saturated heterocycles. The average molecular weight is 406 g/mol. The van der Waals surface area contributed by atoms with Crippen molar-refractivity contribution in [3.63, 3.8) is 0 Å². The number of ether oxygens (including phenoxy) is 1. The Morgan fingerprint density at radius 3 is 2.67 bits per heavy atom. The molecule has 0 fully saturated rings. The molecule has 8 heteroatoms. The third-order valence-electron chi connectivity index (χ3n) is 3.80. The first-order valence-electron chi connectivity index (χ1n) is 8.21. The summed E-state index contributed by atoms with van der Waals surface area (Å²) in [5.74, 6) is 0.996. The fourth-order valence-corrected chi connectivity index (χ4v) is 2.54. The fourth-order valence-electron chi connectivity index (χ4n) is 2.30. The van der Waals surface area contributed by atoms with Gasteiger partial charge in [-0.3, -0.25) is 4.79 Å². The van der Waals surface area contributed by atoms with Crippen molar-refractivity contribution >= 4 is 29.1 Å². The molecule has 0 aliphatic carbocycles. The quantitative estimate of drug-likeness (QED) is 0.655. The van der Waals surface area contributed by atoms with Crippen molar-refractivity contribution in [3.05, 3.63) is 64.0 Å². The van der Waals surface area contributed by atoms with Gasteiger partial charge in [0, 0.05) is 15.6 Å². The van der Waals surface area contributed by atoms with Gasteiger partial charge >= 0.3 is 0 Å². The fraction of sp³-hybridized carbons (Fsp3) is 0.211. The molecule has 1 N–H and O–H groups in total. The highest BCUT2D eigenvalue weighted by Crippen LogP contribution is 2.22. The number of nitrogens with zero attached hydrogens (tertiary/aromatic N) is 2. The predicted molar refractivity (Wildman–Crippen MR) is 103 cm³/mol. The van der Waals surface area contributed by atoms with Crippen molar-refractivity contribution in [3.8, 4) is 17.1 Å². The molecule has 1 amide bonds. The molecule has 2 aromatic carbocycles. The van der Waals surface area contributed by atoms with Crippen LogP contribution in [0.4, 0.5) is 0 Å². The maximum Gasteiger partial charge on any atom is 0.261 e. The van der Waals surface area contributed by atoms with Crippen LogP contribution in [-0.4, -0.2) is 22.2 Å². The zero-order valence-electron chi connectivity index (χ0n) is 14.7. The van der Waals surface area contributed by atoms with Crippen LogP contribution in [0.15, 0.2) is 47.0 Å². The topological polar surface area (TPSA) is 77.2 Å². The number of carbonyl (C=O) groups is 1. The number of aryl methyl sites for hydroxylation is 1. The molecule has 0 bridgehead atoms. The lowest BCUT2D eigenvalue weighted by Crippen LogP contribution is -2.36. The number of amides is 1. The summed E-state index contributed by atoms with van der Waals surface area (Å²) in [4.78, 5) is 16.5. The Balaban J connectivity index is 1.55. The first-order chi connectivity index (χ1) is 12.9. The van der Waals surface area contributed by atoms with Crippen molar-refractivity contribution in [2.24, 2.45) is 0 Å². The van der Waals surface area contributed by atoms with Gasteiger partial charge in [0.2, 0.25) is 11.7 Å². The Hall–Kier alpha value is -2.57. The largest absolute Gasteiger partial charge is 0.481 e. The van der Waals surface area contributed by atoms with Crippen LogP contribution in [0.2, 0.25) is 10.0 Å². The van der Waals surface area contributed by atoms with E-state index in [1.165, 1.54) is 0 Å². The van der Waals surface area contributed by atoms with Gasteiger partial charge in [0.05, 0.1) is 6.54 Å². The van der Waals surface area contributed by atoms with E-state index < -0.39 is 6.10 Å². The van der Waals surface area contributed by atoms with E-state index >= 15 is 0 Å². The first kappa shape index (κ1) is 19.2. The lowest BCUT2D eigenvalue weighted by Gasteiger charge is -2.14. The van der Waals surface area contributed by atoms with E-state index in [1.54, 1.807) is 49.4 Å². The van der Waals surface area contributed by atoms with Crippen LogP contribution in [0.5, 0.6) is 5.75 Å². The van der Waals surface area contributed by atoms with Gasteiger partial charge in [0.25, 0.3) is 5.91 Å². The van der Waals surface area contributed by atoms with Gasteiger partial charge in [0.1, 0.15) is 5.75 Å². The van der Waals surface area contributed by atoms with Crippen molar-refractivity contribution < 1.29 is 14.1 Å². The molecular formula is C19H17Cl2N3O3. The van der Waals surface area contributed by atoms with Gasteiger partial charge in [-0.05, 0) is 61.9 Å². The Kier molecular flexibility index (Phi) is 5.98. The van der Waals surface area contributed by atoms with Crippen LogP contribution in [0.25, 0.3) is 11.4 Å². The van der Waals surface area contributed by atoms with Crippen LogP contribution in [-0.2, 0) is 11.3 Å². The van der Waals surface area contributed by atoms with Crippen molar-refractivity contribution in [2.75, 3.05) is 0 Å². The predicted octanol–water partition coefficient (Wildman–Crippen LogP) is 4.44. The van der Waals surface area contributed by atoms with Gasteiger partial charge in [-0.15, -0.1) is 0 Å². The highest BCUT2D eigenvalue weighted by Gasteiger charge is 2.16. The van der Waals surface area contributed by atoms with E-state index in [0.29, 0.717) is 27.5 Å². The Bertz CT molecular complexity index is 942. The lowest BCUT2D eigenvalue weighted by molar-refractivity contribution is -0.127. The molecule has 1 aromatic heterocycles. The molecule has 3 aromatic rings. The Morgan fingerprint density at radius 2 is 1.96 bits per heavy atom. The van der Waals surface area contributed by atoms with E-state index in [4.69, 9.17) is 32.5 Å². The number of rotatable bonds is 6. The molecule has 0 spiro atoms. The summed E-state index contributed by atoms with van der Waals surface area (Å²) in [7, 11) is 0. The molecule has 0 aliphatic rings. The van der Waals surface area contributed by atoms with Crippen molar-refractivity contribution in [2.45, 2.75) is 26.5 Å². The highest BCUT2D eigenvalue weighted by atomic mass is 35.5. The minimum atomic E-state index is -0.691. The number of aromatic nitrogens is 2. The minimum absolute atomic E-state index is 0.104. The maximum absolute atomic E-state index is 12.2. The molecular weight excluding hydrogens is 389 g/mol. The Labute approximate surface area is 166 Å². The zero-order chi connectivity index (χ0) is 19.4. The first-order valence-corrected chi connectivity index (χ1v) is 8.97. The summed E-state index contributed by atoms with van der Waals surface area (Å²) >= 11 is 11.8. The smallest absolute Gasteiger partial charge is 0.261 e. The van der Waals surface area contributed by atoms with Crippen LogP contribution in [0, 0.1) is 6.92 Å². The SMILES string of the molecule is Cc1cc(O[C@H](C)C(=O)NCc2nc(-c3ccc(Cl)cc3)no2)ccc1Cl. The summed E-state index contributed by atoms with van der Waals surface area (Å²) in [6.07, 6.45) is -0.691. The summed E-state index contributed by atoms with van der Waals surface area (Å²) in [5.41, 5.74) is 1.65. The van der Waals surface area contributed by atoms with E-state index in [1.807, 2.05) is 6.92 Å². The van der Waals surface area contributed by atoms with Gasteiger partial charge in [-0.1, -0.05) is 28.4 Å². The molecule has 1 atom stereocenters. The van der Waals surface area contributed by atoms with E-state index in [-0.39, 0.29) is 12.5 Å². The number of hydrogen-bond acceptors (Lipinski definition) is 5. The van der Waals surface area contributed by atoms with Crippen LogP contribution >= 0.6 is 23.2 Å². The van der Waals surface area contributed by atoms with Gasteiger partial charge < -0.3 is 14.6 Å². The normalized spacial score (nSPS) is 11.9. The molecule has 27 heavy (non-hydrogen) atoms. The second-order valence-electron chi connectivity index (χ2n) is 5.91. The average Bonchev–Trinajstić information content (AvgIpc) is 3.12. The standard InChI is InChI=1S/C19H17Cl2N3O3/c1-11-9-15(7-8-16(11)21)26-12(2)19(25)22-10-17-23-18(24-27-17)13-3-5-14(20)6-4-13/h3-9,12H,10H2,1-2H3,(H,22,25)/t12-/m1/s1. The Morgan fingerprint density at radius 1 is 1.22 bits per heavy atom. The summed E-state index contributed by atoms with van der Waals surface area (Å²) in [5, 5.41) is 7.88. The molecule has 0 saturated carbocycles. The van der Waals surface area contributed by atoms with Crippen LogP contribution in [0.3, 0.4) is 0 Å². The number of nitrogens with one attached hydrogen (secondary N) is 1. The lowest BCUT2D eigenvalue weighted by atomic mass is 10.2. The third kappa shape index (κ3) is 4.99. The third-order valence-corrected chi connectivity index (χ3v) is 4.47. The number of carbonyl (C=O) groups excluding carboxylic acids is 1. The molecule has 6 nitrogen and oxygen atoms in total. The number of hydrogen-bond donors (Lipinski definition) is 1. The van der Waals surface area contributed by atoms with Gasteiger partial charge in [0.15, 0.2) is 6.10 Å². The molecule has 140 valence electrons. The summed E-state index contributed by atoms with van der Waals surface area (Å²) in [6, 6.07) is 12.3. The summed E-state index contributed by atoms with van der Waals surface area (Å²) < 4.78 is 10.8. The molecule has 3 rings (SSSR count). The van der Waals surface area contributed by atoms with Crippen molar-refractivity contribution in [1.29, 1.82) is 0 Å². The molecule has 0 radical (unpaired) electrons. The monoisotopic (exact) mass is 405 g/mol. The van der Waals surface area contributed by atoms with Crippen molar-refractivity contribution in [1.82, 2.24) is 15.5 Å². The van der Waals surface area contributed by atoms with Gasteiger partial charge in [-0.2, -0.15) is 4.98 Å². The minimum Gasteiger partial charge on any atom is -0.481 e. The molecule has 0 unspecified atom stereocenters. The second kappa shape index (κ2) is 8.41. The number of halogens is 2. The molecule has 0 aliphatic heterocycles. The van der Waals surface area contributed by atoms with Crippen LogP contribution in [0.1, 0.15) is 18.4 Å². The maximum atomic E-state index is 12.2. The highest BCUT2D eigenvalue weighted by molar-refractivity contribution is 6.31. The van der Waals surface area contributed by atoms with Crippen LogP contribution < -0.4 is 10.1 Å². The zero-order valence-corrected chi connectivity index (χ0v) is 16.2. The second-order valence-corrected chi connectivity index (χ2v) is 6.75. The molecule has 1 heterocycles. The summed E-state index contributed by atoms with van der Waals surface area (Å²) in [6.45, 7) is 3.63. The van der Waals surface area contributed by atoms with E-state index in [0.717, 1.165) is 11.1 Å². The number of benzene rings is 2. The van der Waals surface area contributed by atoms with E-state index in [2.05, 4.69) is 15.5 Å². The van der Waals surface area contributed by atoms with Gasteiger partial charge in [-0.25, -0.2) is 0 Å². The van der Waals surface area contributed by atoms with E-state index in [9.17, 15) is 4.79 Å².